The number of hydrogen-bond acceptors (Lipinski definition) is 3. The average Bonchev–Trinajstić information content (AvgIpc) is 2.85. The van der Waals surface area contributed by atoms with Gasteiger partial charge in [-0.3, -0.25) is 4.99 Å². The van der Waals surface area contributed by atoms with Gasteiger partial charge in [0.15, 0.2) is 5.96 Å². The summed E-state index contributed by atoms with van der Waals surface area (Å²) in [6.45, 7) is 3.66. The van der Waals surface area contributed by atoms with Crippen LogP contribution in [0.25, 0.3) is 0 Å². The van der Waals surface area contributed by atoms with E-state index in [1.807, 2.05) is 19.1 Å². The molecule has 3 N–H and O–H groups in total. The second kappa shape index (κ2) is 9.42. The van der Waals surface area contributed by atoms with Gasteiger partial charge < -0.3 is 15.6 Å². The van der Waals surface area contributed by atoms with Crippen LogP contribution in [-0.4, -0.2) is 27.3 Å². The van der Waals surface area contributed by atoms with E-state index in [4.69, 9.17) is 28.9 Å². The normalized spacial score (nSPS) is 15.9. The average molecular weight is 409 g/mol. The van der Waals surface area contributed by atoms with Crippen molar-refractivity contribution in [3.63, 3.8) is 0 Å². The van der Waals surface area contributed by atoms with Crippen LogP contribution in [0.15, 0.2) is 23.2 Å². The smallest absolute Gasteiger partial charge is 0.189 e. The summed E-state index contributed by atoms with van der Waals surface area (Å²) in [6.07, 6.45) is 6.47. The first-order chi connectivity index (χ1) is 13.0. The highest BCUT2D eigenvalue weighted by atomic mass is 35.5. The second-order valence-corrected chi connectivity index (χ2v) is 7.74. The molecule has 27 heavy (non-hydrogen) atoms. The van der Waals surface area contributed by atoms with Gasteiger partial charge in [-0.05, 0) is 43.9 Å². The summed E-state index contributed by atoms with van der Waals surface area (Å²) in [4.78, 5) is 4.42. The Bertz CT molecular complexity index is 801. The van der Waals surface area contributed by atoms with Gasteiger partial charge in [0, 0.05) is 36.0 Å². The minimum absolute atomic E-state index is 0.0502. The van der Waals surface area contributed by atoms with Crippen molar-refractivity contribution in [2.24, 2.45) is 10.7 Å². The number of hydrogen-bond donors (Lipinski definition) is 2. The van der Waals surface area contributed by atoms with E-state index >= 15 is 0 Å². The molecule has 0 saturated carbocycles. The van der Waals surface area contributed by atoms with Crippen molar-refractivity contribution in [3.05, 3.63) is 45.5 Å². The van der Waals surface area contributed by atoms with Crippen molar-refractivity contribution in [2.75, 3.05) is 6.54 Å². The highest BCUT2D eigenvalue weighted by molar-refractivity contribution is 6.35. The van der Waals surface area contributed by atoms with Crippen LogP contribution in [0.3, 0.4) is 0 Å². The number of nitrogens with one attached hydrogen (secondary N) is 1. The molecule has 1 aromatic carbocycles. The van der Waals surface area contributed by atoms with Crippen LogP contribution in [0.1, 0.15) is 55.9 Å². The molecule has 0 spiro atoms. The summed E-state index contributed by atoms with van der Waals surface area (Å²) in [5.74, 6) is 2.60. The highest BCUT2D eigenvalue weighted by Crippen LogP contribution is 2.25. The molecule has 0 radical (unpaired) electrons. The lowest BCUT2D eigenvalue weighted by Crippen LogP contribution is -2.34. The largest absolute Gasteiger partial charge is 0.370 e. The molecular formula is C19H26Cl2N6. The van der Waals surface area contributed by atoms with Gasteiger partial charge in [-0.1, -0.05) is 35.7 Å². The van der Waals surface area contributed by atoms with Crippen LogP contribution >= 0.6 is 23.2 Å². The van der Waals surface area contributed by atoms with E-state index in [1.165, 1.54) is 19.3 Å². The zero-order chi connectivity index (χ0) is 19.2. The lowest BCUT2D eigenvalue weighted by atomic mass is 10.1. The summed E-state index contributed by atoms with van der Waals surface area (Å²) >= 11 is 12.2. The number of aromatic nitrogens is 3. The lowest BCUT2D eigenvalue weighted by molar-refractivity contribution is 0.597. The number of aliphatic imine (C=N–C) groups is 1. The number of rotatable bonds is 6. The summed E-state index contributed by atoms with van der Waals surface area (Å²) in [5.41, 5.74) is 6.95. The van der Waals surface area contributed by atoms with E-state index in [0.717, 1.165) is 43.0 Å². The Hall–Kier alpha value is -1.79. The SMILES string of the molecule is CC(NC(N)=NCCCc1nnc2n1CCCCC2)c1ccc(Cl)cc1Cl. The zero-order valence-corrected chi connectivity index (χ0v) is 17.1. The molecule has 0 bridgehead atoms. The molecule has 1 aliphatic rings. The molecule has 1 atom stereocenters. The Balaban J connectivity index is 1.49. The van der Waals surface area contributed by atoms with Crippen LogP contribution in [0.5, 0.6) is 0 Å². The molecule has 0 aliphatic carbocycles. The molecule has 6 nitrogen and oxygen atoms in total. The van der Waals surface area contributed by atoms with E-state index in [-0.39, 0.29) is 6.04 Å². The Morgan fingerprint density at radius 3 is 2.96 bits per heavy atom. The van der Waals surface area contributed by atoms with Crippen LogP contribution in [0, 0.1) is 0 Å². The molecule has 0 saturated heterocycles. The Morgan fingerprint density at radius 2 is 2.15 bits per heavy atom. The van der Waals surface area contributed by atoms with Crippen molar-refractivity contribution in [1.29, 1.82) is 0 Å². The molecule has 1 aromatic heterocycles. The van der Waals surface area contributed by atoms with E-state index in [0.29, 0.717) is 22.5 Å². The maximum absolute atomic E-state index is 6.24. The molecule has 2 aromatic rings. The summed E-state index contributed by atoms with van der Waals surface area (Å²) in [7, 11) is 0. The van der Waals surface area contributed by atoms with Crippen LogP contribution in [0.2, 0.25) is 10.0 Å². The maximum Gasteiger partial charge on any atom is 0.189 e. The quantitative estimate of drug-likeness (QED) is 0.431. The standard InChI is InChI=1S/C19H26Cl2N6/c1-13(15-9-8-14(20)12-16(15)21)24-19(22)23-10-5-7-18-26-25-17-6-3-2-4-11-27(17)18/h8-9,12-13H,2-7,10-11H2,1H3,(H3,22,23,24). The number of nitrogens with two attached hydrogens (primary N) is 1. The molecule has 1 aliphatic heterocycles. The Morgan fingerprint density at radius 1 is 1.30 bits per heavy atom. The van der Waals surface area contributed by atoms with Crippen molar-refractivity contribution in [3.8, 4) is 0 Å². The first kappa shape index (κ1) is 20.0. The second-order valence-electron chi connectivity index (χ2n) is 6.90. The summed E-state index contributed by atoms with van der Waals surface area (Å²) in [5, 5.41) is 13.1. The first-order valence-corrected chi connectivity index (χ1v) is 10.2. The van der Waals surface area contributed by atoms with Gasteiger partial charge in [0.05, 0.1) is 6.04 Å². The molecule has 0 amide bonds. The van der Waals surface area contributed by atoms with Crippen molar-refractivity contribution < 1.29 is 0 Å². The lowest BCUT2D eigenvalue weighted by Gasteiger charge is -2.16. The molecular weight excluding hydrogens is 383 g/mol. The maximum atomic E-state index is 6.24. The fourth-order valence-corrected chi connectivity index (χ4v) is 3.94. The van der Waals surface area contributed by atoms with Crippen molar-refractivity contribution in [2.45, 2.75) is 58.0 Å². The number of nitrogens with zero attached hydrogens (tertiary/aromatic N) is 4. The minimum Gasteiger partial charge on any atom is -0.370 e. The third-order valence-corrected chi connectivity index (χ3v) is 5.38. The van der Waals surface area contributed by atoms with E-state index in [2.05, 4.69) is 25.1 Å². The number of fused-ring (bicyclic) bond motifs is 1. The topological polar surface area (TPSA) is 81.1 Å². The molecule has 2 heterocycles. The van der Waals surface area contributed by atoms with E-state index in [9.17, 15) is 0 Å². The van der Waals surface area contributed by atoms with E-state index in [1.54, 1.807) is 6.07 Å². The van der Waals surface area contributed by atoms with Crippen molar-refractivity contribution in [1.82, 2.24) is 20.1 Å². The fourth-order valence-electron chi connectivity index (χ4n) is 3.36. The van der Waals surface area contributed by atoms with Gasteiger partial charge in [0.25, 0.3) is 0 Å². The van der Waals surface area contributed by atoms with Gasteiger partial charge in [-0.25, -0.2) is 0 Å². The van der Waals surface area contributed by atoms with Gasteiger partial charge in [0.1, 0.15) is 11.6 Å². The Labute approximate surface area is 170 Å². The number of aryl methyl sites for hydroxylation is 2. The molecule has 0 fully saturated rings. The van der Waals surface area contributed by atoms with Crippen LogP contribution in [0.4, 0.5) is 0 Å². The van der Waals surface area contributed by atoms with Gasteiger partial charge in [0.2, 0.25) is 0 Å². The third kappa shape index (κ3) is 5.36. The van der Waals surface area contributed by atoms with E-state index < -0.39 is 0 Å². The molecule has 8 heteroatoms. The minimum atomic E-state index is -0.0502. The highest BCUT2D eigenvalue weighted by Gasteiger charge is 2.14. The van der Waals surface area contributed by atoms with Gasteiger partial charge >= 0.3 is 0 Å². The third-order valence-electron chi connectivity index (χ3n) is 4.82. The molecule has 3 rings (SSSR count). The monoisotopic (exact) mass is 408 g/mol. The number of benzene rings is 1. The Kier molecular flexibility index (Phi) is 6.96. The van der Waals surface area contributed by atoms with Crippen molar-refractivity contribution >= 4 is 29.2 Å². The fraction of sp³-hybridized carbons (Fsp3) is 0.526. The number of halogens is 2. The van der Waals surface area contributed by atoms with Crippen LogP contribution < -0.4 is 11.1 Å². The first-order valence-electron chi connectivity index (χ1n) is 9.47. The molecule has 146 valence electrons. The predicted molar refractivity (Wildman–Crippen MR) is 110 cm³/mol. The summed E-state index contributed by atoms with van der Waals surface area (Å²) in [6, 6.07) is 5.39. The van der Waals surface area contributed by atoms with Gasteiger partial charge in [-0.15, -0.1) is 10.2 Å². The predicted octanol–water partition coefficient (Wildman–Crippen LogP) is 3.91. The molecule has 1 unspecified atom stereocenters. The van der Waals surface area contributed by atoms with Crippen LogP contribution in [-0.2, 0) is 19.4 Å². The summed E-state index contributed by atoms with van der Waals surface area (Å²) < 4.78 is 2.28. The number of guanidine groups is 1. The zero-order valence-electron chi connectivity index (χ0n) is 15.6. The van der Waals surface area contributed by atoms with Gasteiger partial charge in [-0.2, -0.15) is 0 Å².